The van der Waals surface area contributed by atoms with Crippen LogP contribution in [0.2, 0.25) is 0 Å². The fraction of sp³-hybridized carbons (Fsp3) is 0.500. The number of carbonyl (C=O) groups excluding carboxylic acids is 1. The third-order valence-electron chi connectivity index (χ3n) is 5.48. The summed E-state index contributed by atoms with van der Waals surface area (Å²) in [6.07, 6.45) is -11.7. The number of alkyl halides is 3. The Morgan fingerprint density at radius 3 is 2.51 bits per heavy atom. The highest BCUT2D eigenvalue weighted by Gasteiger charge is 2.71. The summed E-state index contributed by atoms with van der Waals surface area (Å²) in [5, 5.41) is 23.6. The first-order valence-electron chi connectivity index (χ1n) is 11.5. The van der Waals surface area contributed by atoms with Gasteiger partial charge in [0.05, 0.1) is 12.7 Å². The van der Waals surface area contributed by atoms with Crippen molar-refractivity contribution in [2.45, 2.75) is 63.1 Å². The van der Waals surface area contributed by atoms with Crippen LogP contribution in [0.5, 0.6) is 5.75 Å². The van der Waals surface area contributed by atoms with Crippen LogP contribution >= 0.6 is 20.0 Å². The van der Waals surface area contributed by atoms with Gasteiger partial charge < -0.3 is 29.9 Å². The molecule has 0 bridgehead atoms. The van der Waals surface area contributed by atoms with Crippen LogP contribution in [0.3, 0.4) is 0 Å². The molecule has 17 heteroatoms. The molecule has 216 valence electrons. The number of benzene rings is 1. The van der Waals surface area contributed by atoms with E-state index in [0.717, 1.165) is 12.3 Å². The maximum absolute atomic E-state index is 14.1. The van der Waals surface area contributed by atoms with Gasteiger partial charge >= 0.3 is 19.9 Å². The summed E-state index contributed by atoms with van der Waals surface area (Å²) in [5.74, 6) is -0.866. The largest absolute Gasteiger partial charge is 0.462 e. The number of hydrogen-bond acceptors (Lipinski definition) is 11. The van der Waals surface area contributed by atoms with Crippen molar-refractivity contribution in [1.29, 1.82) is 0 Å². The van der Waals surface area contributed by atoms with Crippen molar-refractivity contribution < 1.29 is 51.3 Å². The highest BCUT2D eigenvalue weighted by Crippen LogP contribution is 2.51. The number of nitrogen functional groups attached to an aromatic ring is 1. The van der Waals surface area contributed by atoms with Crippen LogP contribution in [0.25, 0.3) is 0 Å². The number of ether oxygens (including phenoxy) is 2. The average Bonchev–Trinajstić information content (AvgIpc) is 3.09. The highest BCUT2D eigenvalue weighted by atomic mass is 32.1. The van der Waals surface area contributed by atoms with E-state index < -0.39 is 67.5 Å². The molecule has 39 heavy (non-hydrogen) atoms. The van der Waals surface area contributed by atoms with E-state index in [-0.39, 0.29) is 11.6 Å². The molecule has 1 aromatic heterocycles. The fourth-order valence-electron chi connectivity index (χ4n) is 3.60. The molecule has 1 aliphatic heterocycles. The maximum atomic E-state index is 14.1. The summed E-state index contributed by atoms with van der Waals surface area (Å²) in [7, 11) is -4.53. The normalized spacial score (nSPS) is 25.7. The van der Waals surface area contributed by atoms with Gasteiger partial charge in [-0.15, -0.1) is 0 Å². The molecule has 12 nitrogen and oxygen atoms in total. The Bertz CT molecular complexity index is 1270. The molecule has 0 radical (unpaired) electrons. The number of nitrogens with one attached hydrogen (secondary N) is 1. The minimum absolute atomic E-state index is 0.0366. The standard InChI is InChI=1S/C22H28F3N4O8PS/c1-12(2)35-18(31)13(3)28-38(33,37-14-7-5-4-6-8-14)34-11-15-17(30)21(32,22(23,24)25)19(36-15)29-10-9-16(26)27-20(29)39/h4-10,12-13,15,17,19,30,32H,11H2,1-3H3,(H,28,33)(H2,26,27,39)/t13-,15+,17?,19+,21+,38?/m0/s1. The third-order valence-corrected chi connectivity index (χ3v) is 7.42. The van der Waals surface area contributed by atoms with Gasteiger partial charge in [0.25, 0.3) is 0 Å². The van der Waals surface area contributed by atoms with E-state index in [9.17, 15) is 32.7 Å². The van der Waals surface area contributed by atoms with E-state index >= 15 is 0 Å². The lowest BCUT2D eigenvalue weighted by molar-refractivity contribution is -0.304. The molecule has 6 atom stereocenters. The number of carbonyl (C=O) groups is 1. The number of para-hydroxylation sites is 1. The second-order valence-corrected chi connectivity index (χ2v) is 10.9. The van der Waals surface area contributed by atoms with E-state index in [1.54, 1.807) is 32.0 Å². The SMILES string of the molecule is CC(C)OC(=O)[C@H](C)NP(=O)(OC[C@H]1O[C@@H](n2ccc(N)nc2=S)[C@@](O)(C(F)(F)F)C1O)Oc1ccccc1. The number of nitrogens with two attached hydrogens (primary N) is 1. The number of aliphatic hydroxyl groups excluding tert-OH is 1. The molecule has 0 saturated carbocycles. The number of hydrogen-bond donors (Lipinski definition) is 4. The van der Waals surface area contributed by atoms with Gasteiger partial charge in [-0.25, -0.2) is 9.55 Å². The molecule has 2 heterocycles. The lowest BCUT2D eigenvalue weighted by atomic mass is 9.93. The van der Waals surface area contributed by atoms with Crippen molar-refractivity contribution >= 4 is 31.8 Å². The number of anilines is 1. The van der Waals surface area contributed by atoms with Gasteiger partial charge in [-0.05, 0) is 51.2 Å². The van der Waals surface area contributed by atoms with Gasteiger partial charge in [0.1, 0.15) is 29.8 Å². The Kier molecular flexibility index (Phi) is 9.43. The lowest BCUT2D eigenvalue weighted by Crippen LogP contribution is -2.57. The second-order valence-electron chi connectivity index (χ2n) is 8.87. The van der Waals surface area contributed by atoms with Gasteiger partial charge in [0, 0.05) is 6.20 Å². The average molecular weight is 597 g/mol. The molecule has 2 aromatic rings. The Hall–Kier alpha value is -2.59. The van der Waals surface area contributed by atoms with E-state index in [1.165, 1.54) is 19.1 Å². The molecular formula is C22H28F3N4O8PS. The summed E-state index contributed by atoms with van der Waals surface area (Å²) in [6.45, 7) is 3.53. The lowest BCUT2D eigenvalue weighted by Gasteiger charge is -2.33. The fourth-order valence-corrected chi connectivity index (χ4v) is 5.36. The van der Waals surface area contributed by atoms with Crippen molar-refractivity contribution in [2.75, 3.05) is 12.3 Å². The zero-order valence-corrected chi connectivity index (χ0v) is 22.7. The van der Waals surface area contributed by atoms with Crippen molar-refractivity contribution in [3.05, 3.63) is 47.4 Å². The number of nitrogens with zero attached hydrogens (tertiary/aromatic N) is 2. The molecule has 0 spiro atoms. The molecule has 5 N–H and O–H groups in total. The Morgan fingerprint density at radius 2 is 1.95 bits per heavy atom. The molecule has 1 aliphatic rings. The molecular weight excluding hydrogens is 568 g/mol. The molecule has 1 aromatic carbocycles. The van der Waals surface area contributed by atoms with Crippen LogP contribution in [-0.2, 0) is 23.4 Å². The van der Waals surface area contributed by atoms with Gasteiger partial charge in [-0.2, -0.15) is 18.3 Å². The highest BCUT2D eigenvalue weighted by molar-refractivity contribution is 7.71. The third kappa shape index (κ3) is 6.95. The second kappa shape index (κ2) is 11.9. The van der Waals surface area contributed by atoms with Crippen LogP contribution in [0, 0.1) is 4.77 Å². The van der Waals surface area contributed by atoms with Crippen LogP contribution in [0.1, 0.15) is 27.0 Å². The zero-order chi connectivity index (χ0) is 29.2. The topological polar surface area (TPSA) is 167 Å². The number of halogens is 3. The number of aromatic nitrogens is 2. The van der Waals surface area contributed by atoms with E-state index in [2.05, 4.69) is 10.1 Å². The predicted molar refractivity (Wildman–Crippen MR) is 133 cm³/mol. The van der Waals surface area contributed by atoms with Crippen molar-refractivity contribution in [3.8, 4) is 5.75 Å². The number of aliphatic hydroxyl groups is 2. The maximum Gasteiger partial charge on any atom is 0.459 e. The molecule has 3 rings (SSSR count). The predicted octanol–water partition coefficient (Wildman–Crippen LogP) is 2.88. The first-order valence-corrected chi connectivity index (χ1v) is 13.5. The van der Waals surface area contributed by atoms with Crippen LogP contribution in [0.15, 0.2) is 42.6 Å². The summed E-state index contributed by atoms with van der Waals surface area (Å²) in [5.41, 5.74) is 1.64. The molecule has 1 saturated heterocycles. The Morgan fingerprint density at radius 1 is 1.31 bits per heavy atom. The molecule has 2 unspecified atom stereocenters. The quantitative estimate of drug-likeness (QED) is 0.180. The van der Waals surface area contributed by atoms with Crippen LogP contribution < -0.4 is 15.3 Å². The first kappa shape index (κ1) is 30.9. The van der Waals surface area contributed by atoms with E-state index in [1.807, 2.05) is 0 Å². The molecule has 1 fully saturated rings. The monoisotopic (exact) mass is 596 g/mol. The Labute approximate surface area is 226 Å². The summed E-state index contributed by atoms with van der Waals surface area (Å²) in [4.78, 5) is 16.0. The number of rotatable bonds is 10. The molecule has 0 amide bonds. The van der Waals surface area contributed by atoms with Gasteiger partial charge in [-0.3, -0.25) is 13.9 Å². The summed E-state index contributed by atoms with van der Waals surface area (Å²) in [6, 6.07) is 7.47. The van der Waals surface area contributed by atoms with Gasteiger partial charge in [0.15, 0.2) is 6.23 Å². The van der Waals surface area contributed by atoms with Crippen LogP contribution in [0.4, 0.5) is 19.0 Å². The van der Waals surface area contributed by atoms with Crippen molar-refractivity contribution in [1.82, 2.24) is 14.6 Å². The minimum Gasteiger partial charge on any atom is -0.462 e. The van der Waals surface area contributed by atoms with Crippen molar-refractivity contribution in [3.63, 3.8) is 0 Å². The minimum atomic E-state index is -5.42. The van der Waals surface area contributed by atoms with Crippen LogP contribution in [-0.4, -0.2) is 68.5 Å². The Balaban J connectivity index is 1.89. The van der Waals surface area contributed by atoms with E-state index in [4.69, 9.17) is 36.5 Å². The van der Waals surface area contributed by atoms with Gasteiger partial charge in [-0.1, -0.05) is 18.2 Å². The smallest absolute Gasteiger partial charge is 0.459 e. The first-order chi connectivity index (χ1) is 18.1. The summed E-state index contributed by atoms with van der Waals surface area (Å²) < 4.78 is 77.2. The van der Waals surface area contributed by atoms with E-state index in [0.29, 0.717) is 4.57 Å². The zero-order valence-electron chi connectivity index (χ0n) is 20.9. The summed E-state index contributed by atoms with van der Waals surface area (Å²) >= 11 is 4.96. The molecule has 0 aliphatic carbocycles. The van der Waals surface area contributed by atoms with Crippen molar-refractivity contribution in [2.24, 2.45) is 0 Å². The van der Waals surface area contributed by atoms with Gasteiger partial charge in [0.2, 0.25) is 10.4 Å². The number of esters is 1.